The first kappa shape index (κ1) is 16.4. The average Bonchev–Trinajstić information content (AvgIpc) is 2.41. The van der Waals surface area contributed by atoms with Gasteiger partial charge in [0.05, 0.1) is 0 Å². The van der Waals surface area contributed by atoms with Gasteiger partial charge in [0.15, 0.2) is 0 Å². The Bertz CT molecular complexity index is 445. The molecule has 1 rings (SSSR count). The summed E-state index contributed by atoms with van der Waals surface area (Å²) in [5.74, 6) is 0.994. The highest BCUT2D eigenvalue weighted by atomic mass is 16.2. The fraction of sp³-hybridized carbons (Fsp3) is 0.667. The van der Waals surface area contributed by atoms with Crippen LogP contribution >= 0.6 is 0 Å². The minimum Gasteiger partial charge on any atom is -0.354 e. The van der Waals surface area contributed by atoms with E-state index in [1.165, 1.54) is 0 Å². The number of unbranched alkanes of at least 4 members (excludes halogenated alkanes) is 1. The summed E-state index contributed by atoms with van der Waals surface area (Å²) in [6, 6.07) is 1.74. The topological polar surface area (TPSA) is 58.1 Å². The maximum atomic E-state index is 12.3. The minimum absolute atomic E-state index is 0.0449. The first-order chi connectivity index (χ1) is 9.43. The number of amides is 1. The molecule has 5 nitrogen and oxygen atoms in total. The van der Waals surface area contributed by atoms with Crippen molar-refractivity contribution in [1.82, 2.24) is 14.9 Å². The summed E-state index contributed by atoms with van der Waals surface area (Å²) in [5, 5.41) is 3.17. The normalized spacial score (nSPS) is 10.7. The summed E-state index contributed by atoms with van der Waals surface area (Å²) < 4.78 is 0. The van der Waals surface area contributed by atoms with Crippen LogP contribution in [0, 0.1) is 12.8 Å². The molecule has 1 N–H and O–H groups in total. The summed E-state index contributed by atoms with van der Waals surface area (Å²) >= 11 is 0. The monoisotopic (exact) mass is 278 g/mol. The van der Waals surface area contributed by atoms with Crippen molar-refractivity contribution in [2.45, 2.75) is 40.5 Å². The maximum absolute atomic E-state index is 12.3. The molecule has 1 aromatic heterocycles. The lowest BCUT2D eigenvalue weighted by atomic mass is 10.2. The zero-order valence-electron chi connectivity index (χ0n) is 13.2. The number of hydrogen-bond donors (Lipinski definition) is 1. The van der Waals surface area contributed by atoms with Crippen molar-refractivity contribution in [2.24, 2.45) is 5.92 Å². The van der Waals surface area contributed by atoms with Gasteiger partial charge in [0, 0.05) is 25.8 Å². The lowest BCUT2D eigenvalue weighted by Crippen LogP contribution is -2.29. The van der Waals surface area contributed by atoms with Crippen molar-refractivity contribution in [2.75, 3.05) is 25.5 Å². The van der Waals surface area contributed by atoms with Crippen molar-refractivity contribution < 1.29 is 4.79 Å². The molecular weight excluding hydrogens is 252 g/mol. The lowest BCUT2D eigenvalue weighted by Gasteiger charge is -2.17. The van der Waals surface area contributed by atoms with E-state index >= 15 is 0 Å². The molecule has 0 spiro atoms. The van der Waals surface area contributed by atoms with Crippen LogP contribution in [0.15, 0.2) is 6.07 Å². The fourth-order valence-corrected chi connectivity index (χ4v) is 1.74. The van der Waals surface area contributed by atoms with Crippen LogP contribution in [-0.2, 0) is 0 Å². The van der Waals surface area contributed by atoms with Gasteiger partial charge in [-0.3, -0.25) is 4.79 Å². The summed E-state index contributed by atoms with van der Waals surface area (Å²) in [7, 11) is 1.82. The first-order valence-corrected chi connectivity index (χ1v) is 7.29. The SMILES string of the molecule is CCCCN(C)C(=O)c1cc(C)nc(NCC(C)C)n1. The van der Waals surface area contributed by atoms with E-state index in [2.05, 4.69) is 36.1 Å². The van der Waals surface area contributed by atoms with Gasteiger partial charge in [-0.25, -0.2) is 9.97 Å². The van der Waals surface area contributed by atoms with Gasteiger partial charge in [-0.15, -0.1) is 0 Å². The molecule has 0 atom stereocenters. The highest BCUT2D eigenvalue weighted by Crippen LogP contribution is 2.08. The van der Waals surface area contributed by atoms with E-state index in [-0.39, 0.29) is 5.91 Å². The van der Waals surface area contributed by atoms with Crippen molar-refractivity contribution in [3.05, 3.63) is 17.5 Å². The van der Waals surface area contributed by atoms with E-state index in [4.69, 9.17) is 0 Å². The maximum Gasteiger partial charge on any atom is 0.272 e. The predicted molar refractivity (Wildman–Crippen MR) is 82.0 cm³/mol. The molecule has 0 radical (unpaired) electrons. The molecule has 0 aliphatic heterocycles. The van der Waals surface area contributed by atoms with Crippen LogP contribution < -0.4 is 5.32 Å². The summed E-state index contributed by atoms with van der Waals surface area (Å²) in [6.07, 6.45) is 2.08. The number of anilines is 1. The molecular formula is C15H26N4O. The van der Waals surface area contributed by atoms with Gasteiger partial charge < -0.3 is 10.2 Å². The molecule has 0 unspecified atom stereocenters. The van der Waals surface area contributed by atoms with E-state index in [0.717, 1.165) is 31.6 Å². The summed E-state index contributed by atoms with van der Waals surface area (Å²) in [6.45, 7) is 9.78. The van der Waals surface area contributed by atoms with Gasteiger partial charge in [0.2, 0.25) is 5.95 Å². The van der Waals surface area contributed by atoms with Gasteiger partial charge in [-0.05, 0) is 25.3 Å². The van der Waals surface area contributed by atoms with Crippen molar-refractivity contribution in [3.8, 4) is 0 Å². The standard InChI is InChI=1S/C15H26N4O/c1-6-7-8-19(5)14(20)13-9-12(4)17-15(18-13)16-10-11(2)3/h9,11H,6-8,10H2,1-5H3,(H,16,17,18). The Morgan fingerprint density at radius 2 is 2.10 bits per heavy atom. The van der Waals surface area contributed by atoms with Crippen molar-refractivity contribution in [1.29, 1.82) is 0 Å². The van der Waals surface area contributed by atoms with Crippen LogP contribution in [0.1, 0.15) is 49.8 Å². The van der Waals surface area contributed by atoms with Gasteiger partial charge >= 0.3 is 0 Å². The molecule has 1 aromatic rings. The van der Waals surface area contributed by atoms with Crippen LogP contribution in [-0.4, -0.2) is 40.9 Å². The zero-order valence-corrected chi connectivity index (χ0v) is 13.2. The number of aryl methyl sites for hydroxylation is 1. The third kappa shape index (κ3) is 5.15. The van der Waals surface area contributed by atoms with Gasteiger partial charge in [0.25, 0.3) is 5.91 Å². The van der Waals surface area contributed by atoms with Crippen LogP contribution in [0.3, 0.4) is 0 Å². The Morgan fingerprint density at radius 1 is 1.40 bits per heavy atom. The molecule has 1 amide bonds. The van der Waals surface area contributed by atoms with Gasteiger partial charge in [0.1, 0.15) is 5.69 Å². The average molecular weight is 278 g/mol. The highest BCUT2D eigenvalue weighted by Gasteiger charge is 2.14. The van der Waals surface area contributed by atoms with Crippen molar-refractivity contribution >= 4 is 11.9 Å². The first-order valence-electron chi connectivity index (χ1n) is 7.29. The van der Waals surface area contributed by atoms with Gasteiger partial charge in [-0.2, -0.15) is 0 Å². The fourth-order valence-electron chi connectivity index (χ4n) is 1.74. The van der Waals surface area contributed by atoms with Crippen LogP contribution in [0.25, 0.3) is 0 Å². The number of nitrogens with zero attached hydrogens (tertiary/aromatic N) is 3. The minimum atomic E-state index is -0.0449. The largest absolute Gasteiger partial charge is 0.354 e. The summed E-state index contributed by atoms with van der Waals surface area (Å²) in [5.41, 5.74) is 1.26. The Morgan fingerprint density at radius 3 is 2.70 bits per heavy atom. The van der Waals surface area contributed by atoms with E-state index in [0.29, 0.717) is 17.6 Å². The highest BCUT2D eigenvalue weighted by molar-refractivity contribution is 5.92. The second kappa shape index (κ2) is 7.82. The molecule has 1 heterocycles. The Kier molecular flexibility index (Phi) is 6.42. The molecule has 0 aliphatic rings. The molecule has 0 bridgehead atoms. The Labute approximate surface area is 121 Å². The third-order valence-electron chi connectivity index (χ3n) is 2.94. The molecule has 112 valence electrons. The second-order valence-electron chi connectivity index (χ2n) is 5.57. The smallest absolute Gasteiger partial charge is 0.272 e. The van der Waals surface area contributed by atoms with Gasteiger partial charge in [-0.1, -0.05) is 27.2 Å². The van der Waals surface area contributed by atoms with E-state index < -0.39 is 0 Å². The third-order valence-corrected chi connectivity index (χ3v) is 2.94. The van der Waals surface area contributed by atoms with Crippen LogP contribution in [0.4, 0.5) is 5.95 Å². The number of rotatable bonds is 7. The van der Waals surface area contributed by atoms with E-state index in [1.807, 2.05) is 14.0 Å². The molecule has 5 heteroatoms. The molecule has 0 fully saturated rings. The molecule has 0 saturated heterocycles. The molecule has 0 aromatic carbocycles. The number of nitrogens with one attached hydrogen (secondary N) is 1. The number of hydrogen-bond acceptors (Lipinski definition) is 4. The predicted octanol–water partition coefficient (Wildman–Crippen LogP) is 2.73. The molecule has 20 heavy (non-hydrogen) atoms. The summed E-state index contributed by atoms with van der Waals surface area (Å²) in [4.78, 5) is 22.7. The van der Waals surface area contributed by atoms with Crippen molar-refractivity contribution in [3.63, 3.8) is 0 Å². The van der Waals surface area contributed by atoms with E-state index in [9.17, 15) is 4.79 Å². The lowest BCUT2D eigenvalue weighted by molar-refractivity contribution is 0.0787. The van der Waals surface area contributed by atoms with Crippen LogP contribution in [0.2, 0.25) is 0 Å². The number of carbonyl (C=O) groups is 1. The Balaban J connectivity index is 2.81. The zero-order chi connectivity index (χ0) is 15.1. The molecule has 0 aliphatic carbocycles. The second-order valence-corrected chi connectivity index (χ2v) is 5.57. The van der Waals surface area contributed by atoms with E-state index in [1.54, 1.807) is 11.0 Å². The Hall–Kier alpha value is -1.65. The number of carbonyl (C=O) groups excluding carboxylic acids is 1. The number of aromatic nitrogens is 2. The molecule has 0 saturated carbocycles. The quantitative estimate of drug-likeness (QED) is 0.833. The van der Waals surface area contributed by atoms with Crippen LogP contribution in [0.5, 0.6) is 0 Å².